The van der Waals surface area contributed by atoms with Crippen molar-refractivity contribution in [1.82, 2.24) is 14.9 Å². The number of benzene rings is 2. The van der Waals surface area contributed by atoms with Gasteiger partial charge in [0.05, 0.1) is 10.4 Å². The van der Waals surface area contributed by atoms with E-state index in [1.54, 1.807) is 24.4 Å². The van der Waals surface area contributed by atoms with Crippen molar-refractivity contribution in [3.8, 4) is 0 Å². The summed E-state index contributed by atoms with van der Waals surface area (Å²) in [6.45, 7) is 1.34. The van der Waals surface area contributed by atoms with E-state index in [1.807, 2.05) is 6.07 Å². The smallest absolute Gasteiger partial charge is 0.270 e. The summed E-state index contributed by atoms with van der Waals surface area (Å²) >= 11 is 6.37. The molecule has 36 heavy (non-hydrogen) atoms. The van der Waals surface area contributed by atoms with Crippen molar-refractivity contribution in [3.05, 3.63) is 87.8 Å². The van der Waals surface area contributed by atoms with Crippen molar-refractivity contribution >= 4 is 44.2 Å². The molecule has 0 unspecified atom stereocenters. The quantitative estimate of drug-likeness (QED) is 0.388. The second-order valence-corrected chi connectivity index (χ2v) is 10.4. The van der Waals surface area contributed by atoms with Crippen LogP contribution in [0.2, 0.25) is 5.02 Å². The van der Waals surface area contributed by atoms with E-state index in [0.717, 1.165) is 5.39 Å². The maximum absolute atomic E-state index is 13.7. The third-order valence-electron chi connectivity index (χ3n) is 5.59. The van der Waals surface area contributed by atoms with Gasteiger partial charge in [0.15, 0.2) is 0 Å². The van der Waals surface area contributed by atoms with Crippen LogP contribution in [0.3, 0.4) is 0 Å². The highest BCUT2D eigenvalue weighted by Gasteiger charge is 2.33. The molecule has 0 saturated heterocycles. The average molecular weight is 533 g/mol. The van der Waals surface area contributed by atoms with Crippen LogP contribution in [0.4, 0.5) is 8.78 Å². The first kappa shape index (κ1) is 25.3. The third kappa shape index (κ3) is 4.54. The Morgan fingerprint density at radius 1 is 1.11 bits per heavy atom. The molecule has 4 aromatic rings. The number of pyridine rings is 1. The minimum Gasteiger partial charge on any atom is -0.364 e. The molecule has 2 aromatic carbocycles. The predicted octanol–water partition coefficient (Wildman–Crippen LogP) is 4.01. The summed E-state index contributed by atoms with van der Waals surface area (Å²) in [5.74, 6) is -4.08. The summed E-state index contributed by atoms with van der Waals surface area (Å²) in [6.07, 6.45) is 1.63. The molecule has 186 valence electrons. The molecule has 0 aliphatic carbocycles. The van der Waals surface area contributed by atoms with Crippen LogP contribution in [0, 0.1) is 18.6 Å². The van der Waals surface area contributed by atoms with Gasteiger partial charge in [0.2, 0.25) is 9.84 Å². The van der Waals surface area contributed by atoms with E-state index < -0.39 is 48.8 Å². The normalized spacial score (nSPS) is 11.6. The number of carbonyl (C=O) groups excluding carboxylic acids is 2. The van der Waals surface area contributed by atoms with Gasteiger partial charge in [0.1, 0.15) is 27.9 Å². The fourth-order valence-electron chi connectivity index (χ4n) is 3.88. The number of amides is 2. The molecule has 2 amide bonds. The van der Waals surface area contributed by atoms with Crippen molar-refractivity contribution in [2.45, 2.75) is 23.3 Å². The van der Waals surface area contributed by atoms with Crippen LogP contribution >= 0.6 is 11.6 Å². The number of rotatable bonds is 6. The number of H-pyrrole nitrogens is 1. The van der Waals surface area contributed by atoms with Gasteiger partial charge in [0, 0.05) is 36.3 Å². The zero-order valence-electron chi connectivity index (χ0n) is 19.0. The molecule has 0 aliphatic heterocycles. The number of primary amides is 1. The highest BCUT2D eigenvalue weighted by atomic mass is 35.5. The molecule has 4 rings (SSSR count). The van der Waals surface area contributed by atoms with Crippen molar-refractivity contribution in [3.63, 3.8) is 0 Å². The summed E-state index contributed by atoms with van der Waals surface area (Å²) in [5.41, 5.74) is 5.73. The van der Waals surface area contributed by atoms with Crippen LogP contribution in [0.15, 0.2) is 58.5 Å². The fraction of sp³-hybridized carbons (Fsp3) is 0.125. The number of nitrogens with two attached hydrogens (primary N) is 1. The lowest BCUT2D eigenvalue weighted by Gasteiger charge is -2.18. The lowest BCUT2D eigenvalue weighted by Crippen LogP contribution is -2.27. The Labute approximate surface area is 209 Å². The first-order chi connectivity index (χ1) is 16.9. The van der Waals surface area contributed by atoms with Crippen molar-refractivity contribution in [2.75, 3.05) is 7.05 Å². The zero-order valence-corrected chi connectivity index (χ0v) is 20.5. The summed E-state index contributed by atoms with van der Waals surface area (Å²) in [6, 6.07) is 8.77. The second-order valence-electron chi connectivity index (χ2n) is 8.10. The van der Waals surface area contributed by atoms with E-state index in [0.29, 0.717) is 34.3 Å². The minimum atomic E-state index is -4.63. The predicted molar refractivity (Wildman–Crippen MR) is 128 cm³/mol. The van der Waals surface area contributed by atoms with Crippen molar-refractivity contribution in [2.24, 2.45) is 5.73 Å². The van der Waals surface area contributed by atoms with Gasteiger partial charge in [0.25, 0.3) is 11.8 Å². The van der Waals surface area contributed by atoms with Crippen molar-refractivity contribution < 1.29 is 26.8 Å². The molecule has 3 N–H and O–H groups in total. The Morgan fingerprint density at radius 3 is 2.42 bits per heavy atom. The number of hydrogen-bond acceptors (Lipinski definition) is 5. The highest BCUT2D eigenvalue weighted by Crippen LogP contribution is 2.31. The van der Waals surface area contributed by atoms with Gasteiger partial charge in [-0.25, -0.2) is 17.2 Å². The van der Waals surface area contributed by atoms with E-state index in [2.05, 4.69) is 9.97 Å². The number of fused-ring (bicyclic) bond motifs is 1. The van der Waals surface area contributed by atoms with Crippen LogP contribution < -0.4 is 5.73 Å². The maximum Gasteiger partial charge on any atom is 0.270 e. The summed E-state index contributed by atoms with van der Waals surface area (Å²) in [5, 5.41) is 1.18. The molecule has 0 aliphatic rings. The number of sulfone groups is 1. The molecule has 2 aromatic heterocycles. The van der Waals surface area contributed by atoms with Gasteiger partial charge in [-0.1, -0.05) is 17.7 Å². The first-order valence-corrected chi connectivity index (χ1v) is 12.3. The van der Waals surface area contributed by atoms with E-state index in [-0.39, 0.29) is 17.8 Å². The van der Waals surface area contributed by atoms with Gasteiger partial charge in [-0.05, 0) is 48.4 Å². The van der Waals surface area contributed by atoms with Gasteiger partial charge in [-0.3, -0.25) is 14.6 Å². The fourth-order valence-corrected chi connectivity index (χ4v) is 5.80. The van der Waals surface area contributed by atoms with E-state index in [4.69, 9.17) is 17.3 Å². The maximum atomic E-state index is 13.7. The molecule has 0 atom stereocenters. The van der Waals surface area contributed by atoms with Crippen LogP contribution in [-0.2, 0) is 16.4 Å². The average Bonchev–Trinajstić information content (AvgIpc) is 3.16. The molecule has 0 bridgehead atoms. The molecule has 0 spiro atoms. The largest absolute Gasteiger partial charge is 0.364 e. The van der Waals surface area contributed by atoms with Gasteiger partial charge in [-0.15, -0.1) is 0 Å². The van der Waals surface area contributed by atoms with E-state index in [1.165, 1.54) is 18.9 Å². The topological polar surface area (TPSA) is 126 Å². The Bertz CT molecular complexity index is 1630. The molecule has 8 nitrogen and oxygen atoms in total. The monoisotopic (exact) mass is 532 g/mol. The molecule has 0 fully saturated rings. The van der Waals surface area contributed by atoms with Crippen molar-refractivity contribution in [1.29, 1.82) is 0 Å². The van der Waals surface area contributed by atoms with E-state index >= 15 is 0 Å². The lowest BCUT2D eigenvalue weighted by molar-refractivity contribution is 0.0779. The molecular formula is C24H19ClF2N4O4S. The van der Waals surface area contributed by atoms with Crippen LogP contribution in [0.25, 0.3) is 10.9 Å². The Kier molecular flexibility index (Phi) is 6.54. The Hall–Kier alpha value is -3.83. The molecule has 0 radical (unpaired) electrons. The number of hydrogen-bond donors (Lipinski definition) is 2. The number of nitrogens with one attached hydrogen (secondary N) is 1. The first-order valence-electron chi connectivity index (χ1n) is 10.4. The number of aromatic nitrogens is 2. The zero-order chi connectivity index (χ0) is 26.4. The summed E-state index contributed by atoms with van der Waals surface area (Å²) in [7, 11) is -3.16. The molecule has 12 heteroatoms. The standard InChI is InChI=1S/C24H19ClF2N4O4S/c1-12-20(24(33)31(2)11-14-6-13-4-3-5-29-19(13)10-18(14)25)30-21(23(28)32)22(12)36(34,35)17-8-15(26)7-16(27)9-17/h3-10,30H,11H2,1-2H3,(H2,28,32). The number of carbonyl (C=O) groups is 2. The van der Waals surface area contributed by atoms with Gasteiger partial charge in [-0.2, -0.15) is 0 Å². The summed E-state index contributed by atoms with van der Waals surface area (Å²) in [4.78, 5) is 32.0. The van der Waals surface area contributed by atoms with E-state index in [9.17, 15) is 26.8 Å². The molecule has 2 heterocycles. The number of nitrogens with zero attached hydrogens (tertiary/aromatic N) is 2. The third-order valence-corrected chi connectivity index (χ3v) is 7.85. The summed E-state index contributed by atoms with van der Waals surface area (Å²) < 4.78 is 53.9. The second kappa shape index (κ2) is 9.32. The van der Waals surface area contributed by atoms with Gasteiger partial charge >= 0.3 is 0 Å². The van der Waals surface area contributed by atoms with Crippen LogP contribution in [0.5, 0.6) is 0 Å². The Balaban J connectivity index is 1.74. The Morgan fingerprint density at radius 2 is 1.78 bits per heavy atom. The SMILES string of the molecule is Cc1c(C(=O)N(C)Cc2cc3cccnc3cc2Cl)[nH]c(C(N)=O)c1S(=O)(=O)c1cc(F)cc(F)c1. The lowest BCUT2D eigenvalue weighted by atomic mass is 10.1. The van der Waals surface area contributed by atoms with Crippen LogP contribution in [0.1, 0.15) is 32.1 Å². The molecular weight excluding hydrogens is 514 g/mol. The minimum absolute atomic E-state index is 0.0457. The number of halogens is 3. The highest BCUT2D eigenvalue weighted by molar-refractivity contribution is 7.91. The van der Waals surface area contributed by atoms with Gasteiger partial charge < -0.3 is 15.6 Å². The molecule has 0 saturated carbocycles. The number of aromatic amines is 1. The van der Waals surface area contributed by atoms with Crippen LogP contribution in [-0.4, -0.2) is 42.1 Å².